The highest BCUT2D eigenvalue weighted by atomic mass is 32.1. The number of aromatic nitrogens is 3. The molecule has 0 bridgehead atoms. The molecule has 0 aliphatic carbocycles. The minimum Gasteiger partial charge on any atom is -0.462 e. The maximum Gasteiger partial charge on any atom is 0.358 e. The number of rotatable bonds is 4. The molecular weight excluding hydrogens is 374 g/mol. The Kier molecular flexibility index (Phi) is 4.17. The first-order valence-electron chi connectivity index (χ1n) is 7.68. The number of thiazole rings is 2. The number of ether oxygens (including phenoxy) is 1. The third-order valence-electron chi connectivity index (χ3n) is 3.70. The summed E-state index contributed by atoms with van der Waals surface area (Å²) in [5.41, 5.74) is 1.29. The van der Waals surface area contributed by atoms with Gasteiger partial charge < -0.3 is 9.15 Å². The van der Waals surface area contributed by atoms with E-state index in [4.69, 9.17) is 9.15 Å². The van der Waals surface area contributed by atoms with Crippen molar-refractivity contribution in [1.29, 1.82) is 0 Å². The van der Waals surface area contributed by atoms with Gasteiger partial charge in [0.15, 0.2) is 21.4 Å². The van der Waals surface area contributed by atoms with Crippen LogP contribution in [-0.2, 0) is 11.3 Å². The number of hydrogen-bond donors (Lipinski definition) is 0. The lowest BCUT2D eigenvalue weighted by molar-refractivity contribution is 0.0461. The van der Waals surface area contributed by atoms with Gasteiger partial charge in [-0.2, -0.15) is 0 Å². The predicted octanol–water partition coefficient (Wildman–Crippen LogP) is 3.45. The van der Waals surface area contributed by atoms with Crippen LogP contribution in [0.1, 0.15) is 26.8 Å². The summed E-state index contributed by atoms with van der Waals surface area (Å²) >= 11 is 2.72. The van der Waals surface area contributed by atoms with Gasteiger partial charge in [0, 0.05) is 22.0 Å². The van der Waals surface area contributed by atoms with E-state index < -0.39 is 5.97 Å². The van der Waals surface area contributed by atoms with E-state index in [1.165, 1.54) is 33.1 Å². The molecule has 0 N–H and O–H groups in total. The van der Waals surface area contributed by atoms with Gasteiger partial charge in [0.25, 0.3) is 5.56 Å². The molecule has 4 aromatic rings. The van der Waals surface area contributed by atoms with E-state index in [1.807, 2.05) is 12.3 Å². The van der Waals surface area contributed by atoms with Crippen LogP contribution in [0, 0.1) is 13.8 Å². The number of fused-ring (bicyclic) bond motifs is 1. The van der Waals surface area contributed by atoms with Crippen LogP contribution in [0.3, 0.4) is 0 Å². The van der Waals surface area contributed by atoms with Gasteiger partial charge in [0.2, 0.25) is 0 Å². The van der Waals surface area contributed by atoms with Crippen molar-refractivity contribution in [3.05, 3.63) is 62.2 Å². The van der Waals surface area contributed by atoms with E-state index in [-0.39, 0.29) is 17.9 Å². The molecule has 132 valence electrons. The average Bonchev–Trinajstić information content (AvgIpc) is 3.33. The first-order valence-corrected chi connectivity index (χ1v) is 9.38. The lowest BCUT2D eigenvalue weighted by Gasteiger charge is -2.04. The van der Waals surface area contributed by atoms with Crippen molar-refractivity contribution in [3.63, 3.8) is 0 Å². The molecule has 0 fully saturated rings. The van der Waals surface area contributed by atoms with Crippen LogP contribution in [0.15, 0.2) is 39.1 Å². The first-order chi connectivity index (χ1) is 12.5. The molecule has 0 unspecified atom stereocenters. The average molecular weight is 387 g/mol. The molecule has 0 aliphatic heterocycles. The predicted molar refractivity (Wildman–Crippen MR) is 97.7 cm³/mol. The summed E-state index contributed by atoms with van der Waals surface area (Å²) in [4.78, 5) is 34.5. The summed E-state index contributed by atoms with van der Waals surface area (Å²) in [5.74, 6) is 0.0475. The third kappa shape index (κ3) is 2.95. The molecule has 4 rings (SSSR count). The fourth-order valence-electron chi connectivity index (χ4n) is 2.47. The standard InChI is InChI=1S/C17H13N3O4S2/c1-9-8-25-17-18-11(6-13(21)20(9)17)7-24-16(22)14-10(2)26-15(19-14)12-4-3-5-23-12/h3-6,8H,7H2,1-2H3. The monoisotopic (exact) mass is 387 g/mol. The number of carbonyl (C=O) groups excluding carboxylic acids is 1. The molecule has 26 heavy (non-hydrogen) atoms. The second kappa shape index (κ2) is 6.50. The Balaban J connectivity index is 1.53. The summed E-state index contributed by atoms with van der Waals surface area (Å²) in [5, 5.41) is 2.47. The van der Waals surface area contributed by atoms with Crippen molar-refractivity contribution in [2.45, 2.75) is 20.5 Å². The Morgan fingerprint density at radius 3 is 2.96 bits per heavy atom. The second-order valence-corrected chi connectivity index (χ2v) is 7.60. The molecule has 0 spiro atoms. The molecular formula is C17H13N3O4S2. The molecule has 0 aliphatic rings. The zero-order valence-corrected chi connectivity index (χ0v) is 15.5. The Morgan fingerprint density at radius 1 is 1.35 bits per heavy atom. The van der Waals surface area contributed by atoms with Crippen molar-refractivity contribution in [2.75, 3.05) is 0 Å². The minimum atomic E-state index is -0.555. The van der Waals surface area contributed by atoms with E-state index in [2.05, 4.69) is 9.97 Å². The Hall–Kier alpha value is -2.78. The molecule has 0 radical (unpaired) electrons. The molecule has 0 aromatic carbocycles. The quantitative estimate of drug-likeness (QED) is 0.499. The van der Waals surface area contributed by atoms with Gasteiger partial charge in [0.05, 0.1) is 12.0 Å². The third-order valence-corrected chi connectivity index (χ3v) is 5.63. The van der Waals surface area contributed by atoms with Gasteiger partial charge in [-0.1, -0.05) is 0 Å². The van der Waals surface area contributed by atoms with E-state index in [0.29, 0.717) is 21.4 Å². The minimum absolute atomic E-state index is 0.0887. The number of carbonyl (C=O) groups is 1. The maximum atomic E-state index is 12.4. The highest BCUT2D eigenvalue weighted by molar-refractivity contribution is 7.15. The summed E-state index contributed by atoms with van der Waals surface area (Å²) in [6.45, 7) is 3.55. The van der Waals surface area contributed by atoms with Crippen LogP contribution in [0.2, 0.25) is 0 Å². The van der Waals surface area contributed by atoms with Crippen LogP contribution in [0.4, 0.5) is 0 Å². The maximum absolute atomic E-state index is 12.4. The van der Waals surface area contributed by atoms with Crippen LogP contribution in [-0.4, -0.2) is 20.3 Å². The van der Waals surface area contributed by atoms with Crippen LogP contribution in [0.5, 0.6) is 0 Å². The van der Waals surface area contributed by atoms with E-state index in [0.717, 1.165) is 10.6 Å². The summed E-state index contributed by atoms with van der Waals surface area (Å²) in [7, 11) is 0. The molecule has 4 heterocycles. The van der Waals surface area contributed by atoms with Crippen molar-refractivity contribution in [1.82, 2.24) is 14.4 Å². The first kappa shape index (κ1) is 16.7. The highest BCUT2D eigenvalue weighted by Gasteiger charge is 2.19. The van der Waals surface area contributed by atoms with Crippen molar-refractivity contribution >= 4 is 33.6 Å². The van der Waals surface area contributed by atoms with Gasteiger partial charge in [0.1, 0.15) is 6.61 Å². The van der Waals surface area contributed by atoms with Gasteiger partial charge >= 0.3 is 5.97 Å². The number of aryl methyl sites for hydroxylation is 2. The summed E-state index contributed by atoms with van der Waals surface area (Å²) in [6, 6.07) is 4.92. The Morgan fingerprint density at radius 2 is 2.19 bits per heavy atom. The SMILES string of the molecule is Cc1sc(-c2ccco2)nc1C(=O)OCc1cc(=O)n2c(C)csc2n1. The smallest absolute Gasteiger partial charge is 0.358 e. The van der Waals surface area contributed by atoms with Gasteiger partial charge in [-0.25, -0.2) is 14.8 Å². The zero-order valence-electron chi connectivity index (χ0n) is 13.9. The summed E-state index contributed by atoms with van der Waals surface area (Å²) in [6.07, 6.45) is 1.55. The molecule has 4 aromatic heterocycles. The van der Waals surface area contributed by atoms with Crippen molar-refractivity contribution in [2.24, 2.45) is 0 Å². The number of hydrogen-bond acceptors (Lipinski definition) is 8. The van der Waals surface area contributed by atoms with E-state index in [1.54, 1.807) is 25.3 Å². The highest BCUT2D eigenvalue weighted by Crippen LogP contribution is 2.28. The van der Waals surface area contributed by atoms with Gasteiger partial charge in [-0.15, -0.1) is 22.7 Å². The fraction of sp³-hybridized carbons (Fsp3) is 0.176. The van der Waals surface area contributed by atoms with Crippen LogP contribution < -0.4 is 5.56 Å². The van der Waals surface area contributed by atoms with Crippen LogP contribution >= 0.6 is 22.7 Å². The van der Waals surface area contributed by atoms with Crippen LogP contribution in [0.25, 0.3) is 15.7 Å². The number of nitrogens with zero attached hydrogens (tertiary/aromatic N) is 3. The Labute approximate surface area is 155 Å². The van der Waals surface area contributed by atoms with Crippen molar-refractivity contribution < 1.29 is 13.9 Å². The van der Waals surface area contributed by atoms with E-state index in [9.17, 15) is 9.59 Å². The zero-order chi connectivity index (χ0) is 18.3. The topological polar surface area (TPSA) is 86.7 Å². The molecule has 0 atom stereocenters. The fourth-order valence-corrected chi connectivity index (χ4v) is 4.23. The molecule has 7 nitrogen and oxygen atoms in total. The van der Waals surface area contributed by atoms with Gasteiger partial charge in [-0.05, 0) is 26.0 Å². The largest absolute Gasteiger partial charge is 0.462 e. The number of esters is 1. The van der Waals surface area contributed by atoms with Gasteiger partial charge in [-0.3, -0.25) is 9.20 Å². The number of furan rings is 1. The van der Waals surface area contributed by atoms with Crippen molar-refractivity contribution in [3.8, 4) is 10.8 Å². The lowest BCUT2D eigenvalue weighted by atomic mass is 10.3. The lowest BCUT2D eigenvalue weighted by Crippen LogP contribution is -2.16. The molecule has 0 saturated heterocycles. The molecule has 0 amide bonds. The Bertz CT molecular complexity index is 1150. The molecule has 0 saturated carbocycles. The van der Waals surface area contributed by atoms with E-state index >= 15 is 0 Å². The molecule has 9 heteroatoms. The summed E-state index contributed by atoms with van der Waals surface area (Å²) < 4.78 is 12.1. The second-order valence-electron chi connectivity index (χ2n) is 5.56. The normalized spacial score (nSPS) is 11.2.